The molecule has 2 spiro atoms. The Balaban J connectivity index is 1.35. The minimum atomic E-state index is -0.310. The predicted molar refractivity (Wildman–Crippen MR) is 118 cm³/mol. The van der Waals surface area contributed by atoms with Gasteiger partial charge in [-0.2, -0.15) is 0 Å². The second kappa shape index (κ2) is 6.35. The number of hydrogen-bond acceptors (Lipinski definition) is 3. The maximum Gasteiger partial charge on any atom is 0.175 e. The van der Waals surface area contributed by atoms with Crippen LogP contribution in [-0.2, 0) is 9.47 Å². The molecular weight excluding hydrogens is 372 g/mol. The fourth-order valence-electron chi connectivity index (χ4n) is 10.7. The number of hydrogen-bond donors (Lipinski definition) is 1. The van der Waals surface area contributed by atoms with Crippen LogP contribution in [-0.4, -0.2) is 30.2 Å². The van der Waals surface area contributed by atoms with Crippen LogP contribution in [0.3, 0.4) is 0 Å². The summed E-state index contributed by atoms with van der Waals surface area (Å²) in [5.41, 5.74) is 1.07. The highest BCUT2D eigenvalue weighted by molar-refractivity contribution is 5.29. The summed E-state index contributed by atoms with van der Waals surface area (Å²) < 4.78 is 13.2. The van der Waals surface area contributed by atoms with E-state index in [-0.39, 0.29) is 11.9 Å². The van der Waals surface area contributed by atoms with Crippen molar-refractivity contribution in [2.24, 2.45) is 51.8 Å². The minimum absolute atomic E-state index is 0.281. The average Bonchev–Trinajstić information content (AvgIpc) is 2.99. The second-order valence-electron chi connectivity index (χ2n) is 12.5. The van der Waals surface area contributed by atoms with Crippen LogP contribution in [0, 0.1) is 51.8 Å². The highest BCUT2D eigenvalue weighted by Gasteiger charge is 2.83. The topological polar surface area (TPSA) is 38.7 Å². The molecule has 6 aliphatic rings. The summed E-state index contributed by atoms with van der Waals surface area (Å²) in [6.45, 7) is 11.1. The summed E-state index contributed by atoms with van der Waals surface area (Å²) in [7, 11) is 0. The molecule has 0 aromatic rings. The molecule has 10 atom stereocenters. The lowest BCUT2D eigenvalue weighted by Gasteiger charge is -2.63. The van der Waals surface area contributed by atoms with Crippen molar-refractivity contribution in [1.29, 1.82) is 0 Å². The molecule has 6 fully saturated rings. The minimum Gasteiger partial charge on any atom is -0.389 e. The first kappa shape index (κ1) is 20.2. The van der Waals surface area contributed by atoms with E-state index in [2.05, 4.69) is 20.8 Å². The summed E-state index contributed by atoms with van der Waals surface area (Å²) in [6, 6.07) is 0. The van der Waals surface area contributed by atoms with Gasteiger partial charge >= 0.3 is 0 Å². The zero-order valence-electron chi connectivity index (χ0n) is 19.5. The summed E-state index contributed by atoms with van der Waals surface area (Å²) in [6.07, 6.45) is 14.3. The summed E-state index contributed by atoms with van der Waals surface area (Å²) in [5.74, 6) is 3.86. The van der Waals surface area contributed by atoms with Gasteiger partial charge in [-0.05, 0) is 98.2 Å². The van der Waals surface area contributed by atoms with Crippen LogP contribution < -0.4 is 0 Å². The van der Waals surface area contributed by atoms with Crippen LogP contribution in [0.4, 0.5) is 0 Å². The molecule has 0 radical (unpaired) electrons. The van der Waals surface area contributed by atoms with Crippen molar-refractivity contribution in [3.63, 3.8) is 0 Å². The molecule has 0 aromatic carbocycles. The standard InChI is InChI=1S/C27H42O3/c1-5-6-23(28)17(2)20-7-8-21-19-16-27(29-13-14-30-27)26-15-18(26)9-12-25(26,4)22(19)10-11-24(20,21)3/h5-6,17-23,28H,7-16H2,1-4H3/b6-5-/t17-,18+,19-,20+,21-,22-,23-,24+,25+,26+/m0/s1. The molecule has 3 heteroatoms. The lowest BCUT2D eigenvalue weighted by molar-refractivity contribution is -0.294. The van der Waals surface area contributed by atoms with Gasteiger partial charge in [0.05, 0.1) is 19.3 Å². The molecule has 1 aliphatic heterocycles. The van der Waals surface area contributed by atoms with Crippen molar-refractivity contribution in [3.8, 4) is 0 Å². The number of ether oxygens (including phenoxy) is 2. The molecule has 0 aromatic heterocycles. The molecule has 0 amide bonds. The zero-order valence-corrected chi connectivity index (χ0v) is 19.5. The molecule has 168 valence electrons. The molecule has 30 heavy (non-hydrogen) atoms. The first-order chi connectivity index (χ1) is 14.3. The maximum absolute atomic E-state index is 10.8. The average molecular weight is 415 g/mol. The molecule has 5 aliphatic carbocycles. The molecule has 5 saturated carbocycles. The Morgan fingerprint density at radius 3 is 2.43 bits per heavy atom. The Morgan fingerprint density at radius 1 is 0.967 bits per heavy atom. The van der Waals surface area contributed by atoms with Crippen molar-refractivity contribution in [2.45, 2.75) is 91.0 Å². The number of allylic oxidation sites excluding steroid dienone is 1. The van der Waals surface area contributed by atoms with Crippen molar-refractivity contribution in [1.82, 2.24) is 0 Å². The van der Waals surface area contributed by atoms with E-state index in [9.17, 15) is 5.11 Å². The van der Waals surface area contributed by atoms with Gasteiger partial charge in [0.1, 0.15) is 0 Å². The van der Waals surface area contributed by atoms with Crippen molar-refractivity contribution < 1.29 is 14.6 Å². The van der Waals surface area contributed by atoms with Gasteiger partial charge in [0.15, 0.2) is 5.79 Å². The monoisotopic (exact) mass is 414 g/mol. The third-order valence-corrected chi connectivity index (χ3v) is 12.0. The smallest absolute Gasteiger partial charge is 0.175 e. The van der Waals surface area contributed by atoms with Gasteiger partial charge in [-0.3, -0.25) is 0 Å². The van der Waals surface area contributed by atoms with Crippen LogP contribution in [0.1, 0.15) is 79.1 Å². The Bertz CT molecular complexity index is 740. The lowest BCUT2D eigenvalue weighted by Crippen LogP contribution is -2.62. The van der Waals surface area contributed by atoms with E-state index in [0.29, 0.717) is 28.1 Å². The Hall–Kier alpha value is -0.380. The van der Waals surface area contributed by atoms with E-state index in [4.69, 9.17) is 9.47 Å². The van der Waals surface area contributed by atoms with Gasteiger partial charge in [0, 0.05) is 11.8 Å². The summed E-state index contributed by atoms with van der Waals surface area (Å²) >= 11 is 0. The van der Waals surface area contributed by atoms with Crippen molar-refractivity contribution in [2.75, 3.05) is 13.2 Å². The van der Waals surface area contributed by atoms with Gasteiger partial charge in [-0.25, -0.2) is 0 Å². The van der Waals surface area contributed by atoms with Crippen LogP contribution in [0.5, 0.6) is 0 Å². The molecule has 0 unspecified atom stereocenters. The third kappa shape index (κ3) is 2.19. The fourth-order valence-corrected chi connectivity index (χ4v) is 10.7. The Morgan fingerprint density at radius 2 is 1.73 bits per heavy atom. The fraction of sp³-hybridized carbons (Fsp3) is 0.926. The summed E-state index contributed by atoms with van der Waals surface area (Å²) in [4.78, 5) is 0. The van der Waals surface area contributed by atoms with Crippen molar-refractivity contribution >= 4 is 0 Å². The van der Waals surface area contributed by atoms with Gasteiger partial charge in [-0.15, -0.1) is 0 Å². The second-order valence-corrected chi connectivity index (χ2v) is 12.5. The Kier molecular flexibility index (Phi) is 4.29. The SMILES string of the molecule is C/C=C\[C@H](O)[C@@H](C)[C@H]1CC[C@H]2[C@@H]3CC4(OCCO4)[C@]45C[C@H]4CC[C@]5(C)[C@H]3CC[C@]12C. The van der Waals surface area contributed by atoms with E-state index >= 15 is 0 Å². The largest absolute Gasteiger partial charge is 0.389 e. The van der Waals surface area contributed by atoms with E-state index in [1.54, 1.807) is 0 Å². The van der Waals surface area contributed by atoms with E-state index < -0.39 is 0 Å². The van der Waals surface area contributed by atoms with Gasteiger partial charge in [0.2, 0.25) is 0 Å². The van der Waals surface area contributed by atoms with Gasteiger partial charge in [-0.1, -0.05) is 32.9 Å². The maximum atomic E-state index is 10.8. The van der Waals surface area contributed by atoms with Crippen LogP contribution >= 0.6 is 0 Å². The van der Waals surface area contributed by atoms with E-state index in [1.807, 2.05) is 19.1 Å². The van der Waals surface area contributed by atoms with Gasteiger partial charge < -0.3 is 14.6 Å². The molecule has 0 bridgehead atoms. The Labute approximate surface area is 183 Å². The lowest BCUT2D eigenvalue weighted by atomic mass is 9.44. The molecular formula is C27H42O3. The van der Waals surface area contributed by atoms with Crippen molar-refractivity contribution in [3.05, 3.63) is 12.2 Å². The third-order valence-electron chi connectivity index (χ3n) is 12.0. The number of aliphatic hydroxyl groups is 1. The van der Waals surface area contributed by atoms with Crippen LogP contribution in [0.15, 0.2) is 12.2 Å². The predicted octanol–water partition coefficient (Wildman–Crippen LogP) is 5.57. The van der Waals surface area contributed by atoms with E-state index in [1.165, 1.54) is 44.9 Å². The normalized spacial score (nSPS) is 55.2. The highest BCUT2D eigenvalue weighted by atomic mass is 16.7. The van der Waals surface area contributed by atoms with Crippen LogP contribution in [0.2, 0.25) is 0 Å². The molecule has 1 heterocycles. The highest BCUT2D eigenvalue weighted by Crippen LogP contribution is 2.85. The first-order valence-corrected chi connectivity index (χ1v) is 12.9. The molecule has 1 N–H and O–H groups in total. The number of aliphatic hydroxyl groups excluding tert-OH is 1. The zero-order chi connectivity index (χ0) is 20.9. The van der Waals surface area contributed by atoms with Gasteiger partial charge in [0.25, 0.3) is 0 Å². The van der Waals surface area contributed by atoms with E-state index in [0.717, 1.165) is 43.3 Å². The molecule has 3 nitrogen and oxygen atoms in total. The quantitative estimate of drug-likeness (QED) is 0.614. The molecule has 6 rings (SSSR count). The number of rotatable bonds is 3. The number of fused-ring (bicyclic) bond motifs is 4. The van der Waals surface area contributed by atoms with Crippen LogP contribution in [0.25, 0.3) is 0 Å². The molecule has 1 saturated heterocycles. The summed E-state index contributed by atoms with van der Waals surface area (Å²) in [5, 5.41) is 10.8. The first-order valence-electron chi connectivity index (χ1n) is 12.9.